The minimum absolute atomic E-state index is 0.0391. The van der Waals surface area contributed by atoms with Crippen LogP contribution in [-0.4, -0.2) is 9.38 Å². The highest BCUT2D eigenvalue weighted by Gasteiger charge is 2.34. The lowest BCUT2D eigenvalue weighted by Crippen LogP contribution is -2.09. The van der Waals surface area contributed by atoms with Gasteiger partial charge in [-0.2, -0.15) is 13.2 Å². The van der Waals surface area contributed by atoms with Crippen LogP contribution in [0.5, 0.6) is 5.75 Å². The van der Waals surface area contributed by atoms with Crippen LogP contribution in [0.3, 0.4) is 0 Å². The molecule has 0 amide bonds. The Kier molecular flexibility index (Phi) is 3.25. The Morgan fingerprint density at radius 1 is 1.33 bits per heavy atom. The van der Waals surface area contributed by atoms with Gasteiger partial charge in [0.05, 0.1) is 11.3 Å². The quantitative estimate of drug-likeness (QED) is 0.752. The zero-order valence-corrected chi connectivity index (χ0v) is 11.4. The predicted octanol–water partition coefficient (Wildman–Crippen LogP) is 3.58. The molecule has 0 atom stereocenters. The molecular formula is C13H10F3N3OS. The maximum absolute atomic E-state index is 12.9. The molecule has 0 aliphatic carbocycles. The van der Waals surface area contributed by atoms with E-state index in [9.17, 15) is 13.2 Å². The number of fused-ring (bicyclic) bond motifs is 1. The molecule has 3 aromatic rings. The first-order valence-electron chi connectivity index (χ1n) is 5.94. The van der Waals surface area contributed by atoms with Gasteiger partial charge >= 0.3 is 6.18 Å². The molecule has 0 aliphatic rings. The third kappa shape index (κ3) is 2.80. The van der Waals surface area contributed by atoms with E-state index in [0.717, 1.165) is 11.0 Å². The van der Waals surface area contributed by atoms with E-state index in [1.54, 1.807) is 10.6 Å². The second-order valence-corrected chi connectivity index (χ2v) is 5.24. The van der Waals surface area contributed by atoms with E-state index in [0.29, 0.717) is 5.69 Å². The summed E-state index contributed by atoms with van der Waals surface area (Å²) >= 11 is 1.44. The van der Waals surface area contributed by atoms with Crippen molar-refractivity contribution in [1.82, 2.24) is 9.38 Å². The minimum atomic E-state index is -4.51. The fourth-order valence-corrected chi connectivity index (χ4v) is 2.61. The Morgan fingerprint density at radius 2 is 2.14 bits per heavy atom. The Balaban J connectivity index is 1.83. The summed E-state index contributed by atoms with van der Waals surface area (Å²) in [4.78, 5) is 5.01. The third-order valence-corrected chi connectivity index (χ3v) is 3.60. The first-order chi connectivity index (χ1) is 9.93. The van der Waals surface area contributed by atoms with Gasteiger partial charge in [-0.1, -0.05) is 0 Å². The number of hydrogen-bond donors (Lipinski definition) is 1. The number of nitrogens with zero attached hydrogens (tertiary/aromatic N) is 2. The number of nitrogen functional groups attached to an aromatic ring is 1. The van der Waals surface area contributed by atoms with Gasteiger partial charge in [0.25, 0.3) is 0 Å². The number of alkyl halides is 3. The van der Waals surface area contributed by atoms with Crippen molar-refractivity contribution in [3.8, 4) is 5.75 Å². The van der Waals surface area contributed by atoms with Gasteiger partial charge in [0.1, 0.15) is 12.4 Å². The molecule has 0 saturated heterocycles. The normalized spacial score (nSPS) is 12.0. The largest absolute Gasteiger partial charge is 0.487 e. The zero-order valence-electron chi connectivity index (χ0n) is 10.6. The van der Waals surface area contributed by atoms with Crippen molar-refractivity contribution >= 4 is 22.0 Å². The zero-order chi connectivity index (χ0) is 15.0. The van der Waals surface area contributed by atoms with Gasteiger partial charge in [0.2, 0.25) is 0 Å². The van der Waals surface area contributed by atoms with Gasteiger partial charge in [-0.25, -0.2) is 4.98 Å². The van der Waals surface area contributed by atoms with Crippen LogP contribution in [0.1, 0.15) is 11.3 Å². The SMILES string of the molecule is Nc1ccc(OCc2cn3ccsc3n2)c(C(F)(F)F)c1. The molecule has 0 spiro atoms. The summed E-state index contributed by atoms with van der Waals surface area (Å²) < 4.78 is 45.8. The number of imidazole rings is 1. The number of benzene rings is 1. The van der Waals surface area contributed by atoms with Crippen LogP contribution in [0.4, 0.5) is 18.9 Å². The van der Waals surface area contributed by atoms with E-state index in [2.05, 4.69) is 4.98 Å². The van der Waals surface area contributed by atoms with E-state index in [-0.39, 0.29) is 18.0 Å². The maximum Gasteiger partial charge on any atom is 0.420 e. The smallest absolute Gasteiger partial charge is 0.420 e. The maximum atomic E-state index is 12.9. The van der Waals surface area contributed by atoms with E-state index in [1.807, 2.05) is 11.6 Å². The molecule has 0 radical (unpaired) electrons. The van der Waals surface area contributed by atoms with E-state index in [1.165, 1.54) is 23.5 Å². The minimum Gasteiger partial charge on any atom is -0.487 e. The second-order valence-electron chi connectivity index (χ2n) is 4.37. The van der Waals surface area contributed by atoms with Gasteiger partial charge in [0, 0.05) is 23.5 Å². The van der Waals surface area contributed by atoms with Crippen LogP contribution in [0.25, 0.3) is 4.96 Å². The van der Waals surface area contributed by atoms with E-state index in [4.69, 9.17) is 10.5 Å². The molecule has 8 heteroatoms. The number of halogens is 3. The molecule has 3 rings (SSSR count). The van der Waals surface area contributed by atoms with Gasteiger partial charge in [-0.15, -0.1) is 11.3 Å². The molecule has 0 bridgehead atoms. The number of thiazole rings is 1. The highest BCUT2D eigenvalue weighted by Crippen LogP contribution is 2.37. The topological polar surface area (TPSA) is 52.5 Å². The van der Waals surface area contributed by atoms with Crippen LogP contribution in [0, 0.1) is 0 Å². The Bertz CT molecular complexity index is 750. The number of nitrogens with two attached hydrogens (primary N) is 1. The van der Waals surface area contributed by atoms with Gasteiger partial charge in [0.15, 0.2) is 4.96 Å². The van der Waals surface area contributed by atoms with Crippen molar-refractivity contribution in [2.24, 2.45) is 0 Å². The van der Waals surface area contributed by atoms with Gasteiger partial charge in [-0.05, 0) is 18.2 Å². The molecule has 0 saturated carbocycles. The van der Waals surface area contributed by atoms with Gasteiger partial charge < -0.3 is 10.5 Å². The van der Waals surface area contributed by atoms with Crippen LogP contribution >= 0.6 is 11.3 Å². The molecule has 1 aromatic carbocycles. The average Bonchev–Trinajstić information content (AvgIpc) is 2.96. The van der Waals surface area contributed by atoms with Crippen molar-refractivity contribution in [3.63, 3.8) is 0 Å². The molecule has 2 N–H and O–H groups in total. The lowest BCUT2D eigenvalue weighted by atomic mass is 10.1. The Labute approximate surface area is 121 Å². The van der Waals surface area contributed by atoms with Crippen molar-refractivity contribution in [2.75, 3.05) is 5.73 Å². The number of hydrogen-bond acceptors (Lipinski definition) is 4. The molecule has 2 heterocycles. The monoisotopic (exact) mass is 313 g/mol. The summed E-state index contributed by atoms with van der Waals surface area (Å²) in [6, 6.07) is 3.45. The summed E-state index contributed by atoms with van der Waals surface area (Å²) in [6.45, 7) is -0.0403. The molecular weight excluding hydrogens is 303 g/mol. The lowest BCUT2D eigenvalue weighted by Gasteiger charge is -2.13. The predicted molar refractivity (Wildman–Crippen MR) is 73.3 cm³/mol. The average molecular weight is 313 g/mol. The first-order valence-corrected chi connectivity index (χ1v) is 6.82. The van der Waals surface area contributed by atoms with Crippen LogP contribution in [0.2, 0.25) is 0 Å². The van der Waals surface area contributed by atoms with Crippen molar-refractivity contribution in [1.29, 1.82) is 0 Å². The molecule has 0 unspecified atom stereocenters. The number of ether oxygens (including phenoxy) is 1. The fourth-order valence-electron chi connectivity index (χ4n) is 1.89. The summed E-state index contributed by atoms with van der Waals surface area (Å²) in [5.41, 5.74) is 5.11. The highest BCUT2D eigenvalue weighted by atomic mass is 32.1. The highest BCUT2D eigenvalue weighted by molar-refractivity contribution is 7.15. The number of anilines is 1. The van der Waals surface area contributed by atoms with Crippen molar-refractivity contribution in [3.05, 3.63) is 47.2 Å². The molecule has 0 aliphatic heterocycles. The van der Waals surface area contributed by atoms with Crippen molar-refractivity contribution < 1.29 is 17.9 Å². The lowest BCUT2D eigenvalue weighted by molar-refractivity contribution is -0.139. The van der Waals surface area contributed by atoms with Crippen LogP contribution < -0.4 is 10.5 Å². The summed E-state index contributed by atoms with van der Waals surface area (Å²) in [7, 11) is 0. The Hall–Kier alpha value is -2.22. The van der Waals surface area contributed by atoms with E-state index < -0.39 is 11.7 Å². The van der Waals surface area contributed by atoms with Gasteiger partial charge in [-0.3, -0.25) is 4.40 Å². The molecule has 0 fully saturated rings. The molecule has 2 aromatic heterocycles. The number of rotatable bonds is 3. The molecule has 21 heavy (non-hydrogen) atoms. The van der Waals surface area contributed by atoms with Crippen LogP contribution in [-0.2, 0) is 12.8 Å². The summed E-state index contributed by atoms with van der Waals surface area (Å²) in [5, 5.41) is 1.87. The molecule has 110 valence electrons. The third-order valence-electron chi connectivity index (χ3n) is 2.83. The van der Waals surface area contributed by atoms with Crippen LogP contribution in [0.15, 0.2) is 36.0 Å². The second kappa shape index (κ2) is 4.96. The summed E-state index contributed by atoms with van der Waals surface area (Å²) in [6.07, 6.45) is -0.976. The number of aromatic nitrogens is 2. The standard InChI is InChI=1S/C13H10F3N3OS/c14-13(15,16)10-5-8(17)1-2-11(10)20-7-9-6-19-3-4-21-12(19)18-9/h1-6H,7,17H2. The van der Waals surface area contributed by atoms with E-state index >= 15 is 0 Å². The molecule has 4 nitrogen and oxygen atoms in total. The fraction of sp³-hybridized carbons (Fsp3) is 0.154. The Morgan fingerprint density at radius 3 is 2.86 bits per heavy atom. The first kappa shape index (κ1) is 13.7. The van der Waals surface area contributed by atoms with Crippen molar-refractivity contribution in [2.45, 2.75) is 12.8 Å². The summed E-state index contributed by atoms with van der Waals surface area (Å²) in [5.74, 6) is -0.256.